The molecule has 0 unspecified atom stereocenters. The summed E-state index contributed by atoms with van der Waals surface area (Å²) in [6, 6.07) is 3.85. The van der Waals surface area contributed by atoms with E-state index in [4.69, 9.17) is 11.6 Å². The fourth-order valence-corrected chi connectivity index (χ4v) is 1.14. The Hall–Kier alpha value is -1.29. The minimum atomic E-state index is -0.384. The van der Waals surface area contributed by atoms with Crippen molar-refractivity contribution in [2.45, 2.75) is 6.54 Å². The second-order valence-corrected chi connectivity index (χ2v) is 3.10. The summed E-state index contributed by atoms with van der Waals surface area (Å²) in [6.07, 6.45) is 0. The van der Waals surface area contributed by atoms with Gasteiger partial charge in [-0.15, -0.1) is 0 Å². The largest absolute Gasteiger partial charge is 0.341 e. The number of urea groups is 1. The van der Waals surface area contributed by atoms with E-state index >= 15 is 0 Å². The van der Waals surface area contributed by atoms with Crippen LogP contribution < -0.4 is 10.6 Å². The molecule has 0 heterocycles. The molecule has 0 radical (unpaired) electrons. The molecule has 3 nitrogen and oxygen atoms in total. The third-order valence-corrected chi connectivity index (χ3v) is 1.91. The van der Waals surface area contributed by atoms with Gasteiger partial charge in [-0.2, -0.15) is 0 Å². The van der Waals surface area contributed by atoms with Crippen LogP contribution in [0.2, 0.25) is 5.02 Å². The average Bonchev–Trinajstić information content (AvgIpc) is 2.19. The zero-order valence-corrected chi connectivity index (χ0v) is 8.36. The number of amides is 2. The number of carbonyl (C=O) groups excluding carboxylic acids is 1. The SMILES string of the molecule is CNC(=O)NCc1cc(Cl)ccc1F. The minimum Gasteiger partial charge on any atom is -0.341 e. The van der Waals surface area contributed by atoms with Gasteiger partial charge < -0.3 is 10.6 Å². The van der Waals surface area contributed by atoms with Crippen LogP contribution in [0.15, 0.2) is 18.2 Å². The Kier molecular flexibility index (Phi) is 3.71. The smallest absolute Gasteiger partial charge is 0.314 e. The topological polar surface area (TPSA) is 41.1 Å². The fraction of sp³-hybridized carbons (Fsp3) is 0.222. The Balaban J connectivity index is 2.66. The van der Waals surface area contributed by atoms with E-state index in [0.29, 0.717) is 10.6 Å². The van der Waals surface area contributed by atoms with Crippen LogP contribution in [0.1, 0.15) is 5.56 Å². The normalized spacial score (nSPS) is 9.64. The molecule has 0 aliphatic rings. The number of halogens is 2. The van der Waals surface area contributed by atoms with Crippen molar-refractivity contribution < 1.29 is 9.18 Å². The van der Waals surface area contributed by atoms with E-state index in [1.54, 1.807) is 0 Å². The lowest BCUT2D eigenvalue weighted by Crippen LogP contribution is -2.32. The van der Waals surface area contributed by atoms with E-state index < -0.39 is 0 Å². The fourth-order valence-electron chi connectivity index (χ4n) is 0.943. The van der Waals surface area contributed by atoms with Crippen molar-refractivity contribution in [3.05, 3.63) is 34.6 Å². The second-order valence-electron chi connectivity index (χ2n) is 2.67. The Morgan fingerprint density at radius 2 is 2.29 bits per heavy atom. The molecule has 0 saturated heterocycles. The molecule has 0 aliphatic heterocycles. The van der Waals surface area contributed by atoms with Crippen LogP contribution in [-0.4, -0.2) is 13.1 Å². The zero-order valence-electron chi connectivity index (χ0n) is 7.60. The van der Waals surface area contributed by atoms with Crippen LogP contribution in [0.5, 0.6) is 0 Å². The van der Waals surface area contributed by atoms with E-state index in [0.717, 1.165) is 0 Å². The third kappa shape index (κ3) is 2.88. The summed E-state index contributed by atoms with van der Waals surface area (Å²) in [5.74, 6) is -0.384. The summed E-state index contributed by atoms with van der Waals surface area (Å²) >= 11 is 5.67. The van der Waals surface area contributed by atoms with Crippen molar-refractivity contribution in [3.8, 4) is 0 Å². The first-order chi connectivity index (χ1) is 6.63. The Morgan fingerprint density at radius 1 is 1.57 bits per heavy atom. The van der Waals surface area contributed by atoms with E-state index in [1.165, 1.54) is 25.2 Å². The lowest BCUT2D eigenvalue weighted by Gasteiger charge is -2.05. The van der Waals surface area contributed by atoms with Crippen molar-refractivity contribution in [1.29, 1.82) is 0 Å². The summed E-state index contributed by atoms with van der Waals surface area (Å²) in [5.41, 5.74) is 0.362. The van der Waals surface area contributed by atoms with E-state index in [-0.39, 0.29) is 18.4 Å². The minimum absolute atomic E-state index is 0.117. The van der Waals surface area contributed by atoms with Crippen molar-refractivity contribution >= 4 is 17.6 Å². The molecule has 1 aromatic rings. The quantitative estimate of drug-likeness (QED) is 0.779. The molecule has 2 amide bonds. The number of benzene rings is 1. The summed E-state index contributed by atoms with van der Waals surface area (Å²) in [4.78, 5) is 10.8. The van der Waals surface area contributed by atoms with Gasteiger partial charge in [-0.25, -0.2) is 9.18 Å². The van der Waals surface area contributed by atoms with E-state index in [9.17, 15) is 9.18 Å². The monoisotopic (exact) mass is 216 g/mol. The summed E-state index contributed by atoms with van der Waals surface area (Å²) in [6.45, 7) is 0.117. The van der Waals surface area contributed by atoms with Crippen molar-refractivity contribution in [1.82, 2.24) is 10.6 Å². The van der Waals surface area contributed by atoms with Crippen molar-refractivity contribution in [2.24, 2.45) is 0 Å². The van der Waals surface area contributed by atoms with Gasteiger partial charge in [0.2, 0.25) is 0 Å². The van der Waals surface area contributed by atoms with Gasteiger partial charge in [0, 0.05) is 24.2 Å². The molecular weight excluding hydrogens is 207 g/mol. The van der Waals surface area contributed by atoms with Gasteiger partial charge in [-0.05, 0) is 18.2 Å². The molecular formula is C9H10ClFN2O. The Bertz CT molecular complexity index is 344. The van der Waals surface area contributed by atoms with Crippen LogP contribution in [-0.2, 0) is 6.54 Å². The number of hydrogen-bond acceptors (Lipinski definition) is 1. The van der Waals surface area contributed by atoms with E-state index in [2.05, 4.69) is 10.6 Å². The summed E-state index contributed by atoms with van der Waals surface area (Å²) in [5, 5.41) is 5.28. The first-order valence-electron chi connectivity index (χ1n) is 4.03. The number of carbonyl (C=O) groups is 1. The average molecular weight is 217 g/mol. The van der Waals surface area contributed by atoms with E-state index in [1.807, 2.05) is 0 Å². The molecule has 76 valence electrons. The predicted octanol–water partition coefficient (Wildman–Crippen LogP) is 1.91. The lowest BCUT2D eigenvalue weighted by molar-refractivity contribution is 0.242. The van der Waals surface area contributed by atoms with Gasteiger partial charge in [-0.3, -0.25) is 0 Å². The molecule has 0 spiro atoms. The molecule has 14 heavy (non-hydrogen) atoms. The maximum absolute atomic E-state index is 13.1. The number of nitrogens with one attached hydrogen (secondary N) is 2. The Labute approximate surface area is 86.3 Å². The van der Waals surface area contributed by atoms with Gasteiger partial charge in [0.15, 0.2) is 0 Å². The standard InChI is InChI=1S/C9H10ClFN2O/c1-12-9(14)13-5-6-4-7(10)2-3-8(6)11/h2-4H,5H2,1H3,(H2,12,13,14). The molecule has 0 bridgehead atoms. The molecule has 0 aromatic heterocycles. The number of rotatable bonds is 2. The molecule has 0 fully saturated rings. The number of hydrogen-bond donors (Lipinski definition) is 2. The maximum Gasteiger partial charge on any atom is 0.314 e. The first kappa shape index (κ1) is 10.8. The molecule has 1 rings (SSSR count). The molecule has 0 saturated carbocycles. The molecule has 0 atom stereocenters. The van der Waals surface area contributed by atoms with Gasteiger partial charge >= 0.3 is 6.03 Å². The van der Waals surface area contributed by atoms with Crippen LogP contribution >= 0.6 is 11.6 Å². The Morgan fingerprint density at radius 3 is 2.93 bits per heavy atom. The van der Waals surface area contributed by atoms with Crippen LogP contribution in [0.3, 0.4) is 0 Å². The third-order valence-electron chi connectivity index (χ3n) is 1.67. The van der Waals surface area contributed by atoms with Crippen LogP contribution in [0.4, 0.5) is 9.18 Å². The highest BCUT2D eigenvalue weighted by Crippen LogP contribution is 2.14. The van der Waals surface area contributed by atoms with Gasteiger partial charge in [0.25, 0.3) is 0 Å². The van der Waals surface area contributed by atoms with Crippen LogP contribution in [0.25, 0.3) is 0 Å². The van der Waals surface area contributed by atoms with Gasteiger partial charge in [0.05, 0.1) is 0 Å². The van der Waals surface area contributed by atoms with Crippen LogP contribution in [0, 0.1) is 5.82 Å². The lowest BCUT2D eigenvalue weighted by atomic mass is 10.2. The van der Waals surface area contributed by atoms with Gasteiger partial charge in [-0.1, -0.05) is 11.6 Å². The molecule has 5 heteroatoms. The highest BCUT2D eigenvalue weighted by atomic mass is 35.5. The first-order valence-corrected chi connectivity index (χ1v) is 4.41. The van der Waals surface area contributed by atoms with Crippen molar-refractivity contribution in [2.75, 3.05) is 7.05 Å². The zero-order chi connectivity index (χ0) is 10.6. The highest BCUT2D eigenvalue weighted by Gasteiger charge is 2.03. The molecule has 2 N–H and O–H groups in total. The summed E-state index contributed by atoms with van der Waals surface area (Å²) < 4.78 is 13.1. The maximum atomic E-state index is 13.1. The molecule has 1 aromatic carbocycles. The predicted molar refractivity (Wildman–Crippen MR) is 52.7 cm³/mol. The summed E-state index contributed by atoms with van der Waals surface area (Å²) in [7, 11) is 1.49. The second kappa shape index (κ2) is 4.81. The van der Waals surface area contributed by atoms with Gasteiger partial charge in [0.1, 0.15) is 5.82 Å². The highest BCUT2D eigenvalue weighted by molar-refractivity contribution is 6.30. The van der Waals surface area contributed by atoms with Crippen molar-refractivity contribution in [3.63, 3.8) is 0 Å². The molecule has 0 aliphatic carbocycles.